The summed E-state index contributed by atoms with van der Waals surface area (Å²) in [6.45, 7) is 2.99. The molecule has 1 amide bonds. The normalized spacial score (nSPS) is 17.3. The predicted octanol–water partition coefficient (Wildman–Crippen LogP) is 2.38. The van der Waals surface area contributed by atoms with Crippen molar-refractivity contribution in [2.45, 2.75) is 18.8 Å². The third-order valence-corrected chi connectivity index (χ3v) is 5.17. The number of carbonyl (C=O) groups excluding carboxylic acids is 1. The summed E-state index contributed by atoms with van der Waals surface area (Å²) in [7, 11) is 3.97. The van der Waals surface area contributed by atoms with Crippen molar-refractivity contribution in [2.24, 2.45) is 0 Å². The lowest BCUT2D eigenvalue weighted by molar-refractivity contribution is 0.0746. The second kappa shape index (κ2) is 6.94. The molecule has 136 valence electrons. The van der Waals surface area contributed by atoms with Gasteiger partial charge in [0.05, 0.1) is 5.69 Å². The van der Waals surface area contributed by atoms with E-state index in [1.54, 1.807) is 0 Å². The summed E-state index contributed by atoms with van der Waals surface area (Å²) < 4.78 is 0. The van der Waals surface area contributed by atoms with Crippen molar-refractivity contribution in [3.8, 4) is 0 Å². The Morgan fingerprint density at radius 3 is 2.42 bits per heavy atom. The molecule has 0 spiro atoms. The fourth-order valence-electron chi connectivity index (χ4n) is 3.34. The highest BCUT2D eigenvalue weighted by molar-refractivity contribution is 5.95. The van der Waals surface area contributed by atoms with Gasteiger partial charge in [0.1, 0.15) is 0 Å². The van der Waals surface area contributed by atoms with E-state index in [9.17, 15) is 4.79 Å². The number of amides is 1. The van der Waals surface area contributed by atoms with Crippen molar-refractivity contribution < 1.29 is 4.79 Å². The number of benzene rings is 1. The molecule has 0 unspecified atom stereocenters. The van der Waals surface area contributed by atoms with Gasteiger partial charge in [-0.05, 0) is 43.2 Å². The van der Waals surface area contributed by atoms with Crippen molar-refractivity contribution in [2.75, 3.05) is 50.1 Å². The van der Waals surface area contributed by atoms with Gasteiger partial charge in [0.15, 0.2) is 5.82 Å². The largest absolute Gasteiger partial charge is 0.378 e. The smallest absolute Gasteiger partial charge is 0.254 e. The Morgan fingerprint density at radius 2 is 1.81 bits per heavy atom. The lowest BCUT2D eigenvalue weighted by Crippen LogP contribution is -2.49. The first-order valence-corrected chi connectivity index (χ1v) is 9.27. The van der Waals surface area contributed by atoms with Crippen LogP contribution in [0.4, 0.5) is 11.5 Å². The summed E-state index contributed by atoms with van der Waals surface area (Å²) in [5.74, 6) is 1.64. The number of piperazine rings is 1. The van der Waals surface area contributed by atoms with Gasteiger partial charge in [-0.2, -0.15) is 5.10 Å². The number of nitrogens with zero attached hydrogens (tertiary/aromatic N) is 5. The molecule has 6 heteroatoms. The van der Waals surface area contributed by atoms with Crippen LogP contribution in [0.15, 0.2) is 36.4 Å². The van der Waals surface area contributed by atoms with Gasteiger partial charge in [-0.1, -0.05) is 6.07 Å². The van der Waals surface area contributed by atoms with Crippen LogP contribution < -0.4 is 9.80 Å². The van der Waals surface area contributed by atoms with Gasteiger partial charge in [0.2, 0.25) is 0 Å². The molecule has 1 saturated heterocycles. The molecule has 0 N–H and O–H groups in total. The number of hydrogen-bond donors (Lipinski definition) is 0. The van der Waals surface area contributed by atoms with Gasteiger partial charge >= 0.3 is 0 Å². The van der Waals surface area contributed by atoms with Crippen molar-refractivity contribution >= 4 is 17.4 Å². The van der Waals surface area contributed by atoms with E-state index < -0.39 is 0 Å². The van der Waals surface area contributed by atoms with Gasteiger partial charge in [0.25, 0.3) is 5.91 Å². The summed E-state index contributed by atoms with van der Waals surface area (Å²) in [4.78, 5) is 19.0. The Labute approximate surface area is 154 Å². The zero-order valence-electron chi connectivity index (χ0n) is 15.4. The Kier molecular flexibility index (Phi) is 4.49. The molecular weight excluding hydrogens is 326 g/mol. The third kappa shape index (κ3) is 3.49. The maximum absolute atomic E-state index is 12.8. The summed E-state index contributed by atoms with van der Waals surface area (Å²) in [5.41, 5.74) is 2.90. The van der Waals surface area contributed by atoms with Crippen LogP contribution in [-0.2, 0) is 0 Å². The van der Waals surface area contributed by atoms with Gasteiger partial charge in [0, 0.05) is 57.4 Å². The predicted molar refractivity (Wildman–Crippen MR) is 103 cm³/mol. The molecule has 1 aromatic heterocycles. The van der Waals surface area contributed by atoms with Crippen LogP contribution in [0.2, 0.25) is 0 Å². The van der Waals surface area contributed by atoms with E-state index >= 15 is 0 Å². The average molecular weight is 351 g/mol. The molecule has 2 aromatic rings. The lowest BCUT2D eigenvalue weighted by atomic mass is 10.1. The SMILES string of the molecule is CN(C)c1cccc(C(=O)N2CCN(c3ccc(C4CC4)nn3)CC2)c1. The Bertz CT molecular complexity index is 777. The first-order chi connectivity index (χ1) is 12.6. The molecule has 2 aliphatic rings. The monoisotopic (exact) mass is 351 g/mol. The first-order valence-electron chi connectivity index (χ1n) is 9.27. The molecule has 26 heavy (non-hydrogen) atoms. The number of carbonyl (C=O) groups is 1. The summed E-state index contributed by atoms with van der Waals surface area (Å²) in [6.07, 6.45) is 2.48. The van der Waals surface area contributed by atoms with Crippen molar-refractivity contribution in [3.63, 3.8) is 0 Å². The zero-order chi connectivity index (χ0) is 18.1. The minimum atomic E-state index is 0.100. The van der Waals surface area contributed by atoms with E-state index in [1.165, 1.54) is 12.8 Å². The second-order valence-electron chi connectivity index (χ2n) is 7.31. The number of aromatic nitrogens is 2. The van der Waals surface area contributed by atoms with Crippen LogP contribution in [0.1, 0.15) is 34.8 Å². The van der Waals surface area contributed by atoms with E-state index in [2.05, 4.69) is 27.2 Å². The third-order valence-electron chi connectivity index (χ3n) is 5.17. The van der Waals surface area contributed by atoms with E-state index in [0.29, 0.717) is 19.0 Å². The van der Waals surface area contributed by atoms with Crippen molar-refractivity contribution in [1.29, 1.82) is 0 Å². The van der Waals surface area contributed by atoms with Crippen molar-refractivity contribution in [3.05, 3.63) is 47.7 Å². The van der Waals surface area contributed by atoms with E-state index in [1.807, 2.05) is 48.2 Å². The van der Waals surface area contributed by atoms with Crippen LogP contribution in [0.25, 0.3) is 0 Å². The minimum absolute atomic E-state index is 0.100. The molecule has 0 bridgehead atoms. The topological polar surface area (TPSA) is 52.6 Å². The van der Waals surface area contributed by atoms with Gasteiger partial charge in [-0.25, -0.2) is 0 Å². The molecule has 0 radical (unpaired) electrons. The summed E-state index contributed by atoms with van der Waals surface area (Å²) in [6, 6.07) is 12.0. The van der Waals surface area contributed by atoms with Crippen LogP contribution in [0.5, 0.6) is 0 Å². The van der Waals surface area contributed by atoms with Crippen LogP contribution >= 0.6 is 0 Å². The number of hydrogen-bond acceptors (Lipinski definition) is 5. The van der Waals surface area contributed by atoms with Crippen molar-refractivity contribution in [1.82, 2.24) is 15.1 Å². The molecule has 2 fully saturated rings. The molecule has 1 aliphatic carbocycles. The molecule has 0 atom stereocenters. The van der Waals surface area contributed by atoms with Crippen LogP contribution in [0, 0.1) is 0 Å². The second-order valence-corrected chi connectivity index (χ2v) is 7.31. The molecule has 6 nitrogen and oxygen atoms in total. The highest BCUT2D eigenvalue weighted by atomic mass is 16.2. The van der Waals surface area contributed by atoms with Gasteiger partial charge < -0.3 is 14.7 Å². The molecule has 1 aromatic carbocycles. The molecular formula is C20H25N5O. The highest BCUT2D eigenvalue weighted by Crippen LogP contribution is 2.38. The maximum atomic E-state index is 12.8. The highest BCUT2D eigenvalue weighted by Gasteiger charge is 2.26. The fraction of sp³-hybridized carbons (Fsp3) is 0.450. The zero-order valence-corrected chi connectivity index (χ0v) is 15.4. The lowest BCUT2D eigenvalue weighted by Gasteiger charge is -2.35. The van der Waals surface area contributed by atoms with Crippen LogP contribution in [-0.4, -0.2) is 61.3 Å². The summed E-state index contributed by atoms with van der Waals surface area (Å²) in [5, 5.41) is 8.76. The van der Waals surface area contributed by atoms with Gasteiger partial charge in [-0.3, -0.25) is 4.79 Å². The number of rotatable bonds is 4. The molecule has 4 rings (SSSR count). The molecule has 1 saturated carbocycles. The maximum Gasteiger partial charge on any atom is 0.254 e. The molecule has 1 aliphatic heterocycles. The Balaban J connectivity index is 1.38. The summed E-state index contributed by atoms with van der Waals surface area (Å²) >= 11 is 0. The fourth-order valence-corrected chi connectivity index (χ4v) is 3.34. The van der Waals surface area contributed by atoms with Crippen LogP contribution in [0.3, 0.4) is 0 Å². The Hall–Kier alpha value is -2.63. The van der Waals surface area contributed by atoms with E-state index in [0.717, 1.165) is 35.9 Å². The minimum Gasteiger partial charge on any atom is -0.378 e. The number of anilines is 2. The van der Waals surface area contributed by atoms with Gasteiger partial charge in [-0.15, -0.1) is 5.10 Å². The van der Waals surface area contributed by atoms with E-state index in [-0.39, 0.29) is 5.91 Å². The Morgan fingerprint density at radius 1 is 1.04 bits per heavy atom. The average Bonchev–Trinajstić information content (AvgIpc) is 3.53. The molecule has 2 heterocycles. The van der Waals surface area contributed by atoms with E-state index in [4.69, 9.17) is 0 Å². The first kappa shape index (κ1) is 16.8. The quantitative estimate of drug-likeness (QED) is 0.847. The standard InChI is InChI=1S/C20H25N5O/c1-23(2)17-5-3-4-16(14-17)20(26)25-12-10-24(11-13-25)19-9-8-18(21-22-19)15-6-7-15/h3-5,8-9,14-15H,6-7,10-13H2,1-2H3.